The fourth-order valence-electron chi connectivity index (χ4n) is 4.17. The average molecular weight is 434 g/mol. The van der Waals surface area contributed by atoms with Gasteiger partial charge in [-0.3, -0.25) is 15.0 Å². The van der Waals surface area contributed by atoms with Crippen molar-refractivity contribution in [2.24, 2.45) is 0 Å². The van der Waals surface area contributed by atoms with Gasteiger partial charge in [0, 0.05) is 21.6 Å². The Labute approximate surface area is 180 Å². The minimum atomic E-state index is -1.70. The second-order valence-corrected chi connectivity index (χ2v) is 8.31. The highest BCUT2D eigenvalue weighted by Gasteiger charge is 2.52. The minimum absolute atomic E-state index is 0.0818. The molecular formula is C22H18N4O4S. The number of hydrogen-bond acceptors (Lipinski definition) is 5. The summed E-state index contributed by atoms with van der Waals surface area (Å²) in [5, 5.41) is 25.1. The standard InChI is InChI=1S/C22H18N4O4S/c1-12(18-7-4-10-31-18)26-19(27)14-5-2-3-6-15(14)22(26,30)13-8-9-16-17(11-13)24-20(23-16)25-21(28)29/h2-12,30H,1H3,(H,28,29)(H2,23,24,25). The van der Waals surface area contributed by atoms with Gasteiger partial charge in [0.25, 0.3) is 5.91 Å². The fourth-order valence-corrected chi connectivity index (χ4v) is 4.94. The van der Waals surface area contributed by atoms with Crippen molar-refractivity contribution in [3.63, 3.8) is 0 Å². The lowest BCUT2D eigenvalue weighted by Crippen LogP contribution is -2.45. The van der Waals surface area contributed by atoms with Crippen LogP contribution in [0.5, 0.6) is 0 Å². The molecule has 4 N–H and O–H groups in total. The highest BCUT2D eigenvalue weighted by molar-refractivity contribution is 7.10. The Morgan fingerprint density at radius 1 is 1.23 bits per heavy atom. The second-order valence-electron chi connectivity index (χ2n) is 7.33. The molecule has 2 aromatic heterocycles. The van der Waals surface area contributed by atoms with E-state index in [9.17, 15) is 14.7 Å². The number of thiophene rings is 1. The summed E-state index contributed by atoms with van der Waals surface area (Å²) in [7, 11) is 0. The first-order valence-corrected chi connectivity index (χ1v) is 10.5. The number of H-pyrrole nitrogens is 1. The van der Waals surface area contributed by atoms with Crippen LogP contribution in [0.3, 0.4) is 0 Å². The Morgan fingerprint density at radius 3 is 2.77 bits per heavy atom. The van der Waals surface area contributed by atoms with Gasteiger partial charge in [0.15, 0.2) is 5.72 Å². The van der Waals surface area contributed by atoms with Crippen molar-refractivity contribution in [2.75, 3.05) is 5.32 Å². The van der Waals surface area contributed by atoms with Crippen LogP contribution in [0, 0.1) is 0 Å². The number of aromatic amines is 1. The van der Waals surface area contributed by atoms with Gasteiger partial charge in [-0.25, -0.2) is 9.78 Å². The predicted molar refractivity (Wildman–Crippen MR) is 116 cm³/mol. The van der Waals surface area contributed by atoms with Crippen LogP contribution >= 0.6 is 11.3 Å². The Morgan fingerprint density at radius 2 is 2.03 bits per heavy atom. The van der Waals surface area contributed by atoms with E-state index in [-0.39, 0.29) is 17.9 Å². The zero-order valence-electron chi connectivity index (χ0n) is 16.4. The summed E-state index contributed by atoms with van der Waals surface area (Å²) in [6, 6.07) is 15.6. The molecule has 0 bridgehead atoms. The van der Waals surface area contributed by atoms with E-state index in [0.29, 0.717) is 27.7 Å². The third-order valence-corrected chi connectivity index (χ3v) is 6.60. The van der Waals surface area contributed by atoms with E-state index < -0.39 is 11.8 Å². The van der Waals surface area contributed by atoms with Gasteiger partial charge in [0.1, 0.15) is 0 Å². The summed E-state index contributed by atoms with van der Waals surface area (Å²) < 4.78 is 0. The first kappa shape index (κ1) is 19.3. The number of aromatic nitrogens is 2. The molecule has 3 heterocycles. The summed E-state index contributed by atoms with van der Waals surface area (Å²) in [6.45, 7) is 1.89. The first-order valence-electron chi connectivity index (χ1n) is 9.58. The zero-order valence-corrected chi connectivity index (χ0v) is 17.2. The summed E-state index contributed by atoms with van der Waals surface area (Å²) >= 11 is 1.52. The molecule has 0 saturated carbocycles. The van der Waals surface area contributed by atoms with Crippen molar-refractivity contribution < 1.29 is 19.8 Å². The fraction of sp³-hybridized carbons (Fsp3) is 0.136. The Balaban J connectivity index is 1.68. The van der Waals surface area contributed by atoms with E-state index in [1.165, 1.54) is 16.2 Å². The van der Waals surface area contributed by atoms with Crippen molar-refractivity contribution in [2.45, 2.75) is 18.7 Å². The summed E-state index contributed by atoms with van der Waals surface area (Å²) in [6.07, 6.45) is -1.23. The SMILES string of the molecule is CC(c1cccs1)N1C(=O)c2ccccc2C1(O)c1ccc2[nH]c(NC(=O)O)nc2c1. The summed E-state index contributed by atoms with van der Waals surface area (Å²) in [5.74, 6) is -0.173. The zero-order chi connectivity index (χ0) is 21.8. The highest BCUT2D eigenvalue weighted by atomic mass is 32.1. The van der Waals surface area contributed by atoms with Crippen molar-refractivity contribution in [1.29, 1.82) is 0 Å². The summed E-state index contributed by atoms with van der Waals surface area (Å²) in [5.41, 5.74) is 0.785. The van der Waals surface area contributed by atoms with E-state index >= 15 is 0 Å². The molecule has 8 nitrogen and oxygen atoms in total. The molecule has 0 radical (unpaired) electrons. The van der Waals surface area contributed by atoms with E-state index in [4.69, 9.17) is 5.11 Å². The third kappa shape index (κ3) is 2.89. The quantitative estimate of drug-likeness (QED) is 0.385. The maximum Gasteiger partial charge on any atom is 0.411 e. The van der Waals surface area contributed by atoms with Gasteiger partial charge in [-0.05, 0) is 36.6 Å². The number of hydrogen-bond donors (Lipinski definition) is 4. The van der Waals surface area contributed by atoms with E-state index in [1.54, 1.807) is 42.5 Å². The number of amides is 2. The van der Waals surface area contributed by atoms with Gasteiger partial charge in [-0.1, -0.05) is 30.3 Å². The van der Waals surface area contributed by atoms with E-state index in [1.807, 2.05) is 24.4 Å². The van der Waals surface area contributed by atoms with Gasteiger partial charge in [-0.15, -0.1) is 11.3 Å². The Kier molecular flexibility index (Phi) is 4.31. The number of carboxylic acid groups (broad SMARTS) is 1. The largest absolute Gasteiger partial charge is 0.465 e. The van der Waals surface area contributed by atoms with E-state index in [2.05, 4.69) is 15.3 Å². The normalized spacial score (nSPS) is 18.9. The molecule has 31 heavy (non-hydrogen) atoms. The maximum absolute atomic E-state index is 13.4. The van der Waals surface area contributed by atoms with E-state index in [0.717, 1.165) is 4.88 Å². The maximum atomic E-state index is 13.4. The molecule has 156 valence electrons. The van der Waals surface area contributed by atoms with Crippen LogP contribution in [-0.2, 0) is 5.72 Å². The van der Waals surface area contributed by atoms with Crippen LogP contribution in [-0.4, -0.2) is 37.1 Å². The second kappa shape index (κ2) is 6.93. The molecule has 2 aromatic carbocycles. The monoisotopic (exact) mass is 434 g/mol. The molecule has 9 heteroatoms. The van der Waals surface area contributed by atoms with Gasteiger partial charge in [0.2, 0.25) is 5.95 Å². The number of nitrogens with zero attached hydrogens (tertiary/aromatic N) is 2. The molecule has 0 fully saturated rings. The molecule has 2 unspecified atom stereocenters. The number of benzene rings is 2. The lowest BCUT2D eigenvalue weighted by molar-refractivity contribution is -0.0670. The topological polar surface area (TPSA) is 119 Å². The lowest BCUT2D eigenvalue weighted by Gasteiger charge is -2.38. The molecule has 1 aliphatic rings. The molecule has 0 spiro atoms. The van der Waals surface area contributed by atoms with Crippen molar-refractivity contribution in [3.8, 4) is 0 Å². The third-order valence-electron chi connectivity index (χ3n) is 5.55. The summed E-state index contributed by atoms with van der Waals surface area (Å²) in [4.78, 5) is 33.9. The lowest BCUT2D eigenvalue weighted by atomic mass is 9.93. The Bertz CT molecular complexity index is 1320. The number of imidazole rings is 1. The minimum Gasteiger partial charge on any atom is -0.465 e. The number of rotatable bonds is 4. The number of aliphatic hydroxyl groups is 1. The molecule has 2 amide bonds. The number of fused-ring (bicyclic) bond motifs is 2. The van der Waals surface area contributed by atoms with Crippen molar-refractivity contribution in [1.82, 2.24) is 14.9 Å². The van der Waals surface area contributed by atoms with Crippen molar-refractivity contribution >= 4 is 40.3 Å². The smallest absolute Gasteiger partial charge is 0.411 e. The number of carbonyl (C=O) groups is 2. The highest BCUT2D eigenvalue weighted by Crippen LogP contribution is 2.47. The average Bonchev–Trinajstić information content (AvgIpc) is 3.46. The Hall–Kier alpha value is -3.69. The van der Waals surface area contributed by atoms with Crippen LogP contribution < -0.4 is 5.32 Å². The van der Waals surface area contributed by atoms with Gasteiger partial charge < -0.3 is 15.2 Å². The van der Waals surface area contributed by atoms with Crippen LogP contribution in [0.25, 0.3) is 11.0 Å². The molecule has 0 aliphatic carbocycles. The van der Waals surface area contributed by atoms with Crippen molar-refractivity contribution in [3.05, 3.63) is 81.5 Å². The van der Waals surface area contributed by atoms with Gasteiger partial charge in [0.05, 0.1) is 17.1 Å². The van der Waals surface area contributed by atoms with Crippen LogP contribution in [0.2, 0.25) is 0 Å². The molecule has 5 rings (SSSR count). The van der Waals surface area contributed by atoms with Gasteiger partial charge in [-0.2, -0.15) is 0 Å². The van der Waals surface area contributed by atoms with Gasteiger partial charge >= 0.3 is 6.09 Å². The number of nitrogens with one attached hydrogen (secondary N) is 2. The molecule has 2 atom stereocenters. The molecule has 4 aromatic rings. The molecular weight excluding hydrogens is 416 g/mol. The number of carbonyl (C=O) groups excluding carboxylic acids is 1. The first-order chi connectivity index (χ1) is 14.9. The van der Waals surface area contributed by atoms with Crippen LogP contribution in [0.1, 0.15) is 39.3 Å². The molecule has 0 saturated heterocycles. The number of anilines is 1. The van der Waals surface area contributed by atoms with Crippen LogP contribution in [0.4, 0.5) is 10.7 Å². The van der Waals surface area contributed by atoms with Crippen LogP contribution in [0.15, 0.2) is 60.0 Å². The molecule has 1 aliphatic heterocycles. The predicted octanol–water partition coefficient (Wildman–Crippen LogP) is 4.12.